The minimum absolute atomic E-state index is 0.0000175. The number of nitrogens with zero attached hydrogens (tertiary/aromatic N) is 2. The van der Waals surface area contributed by atoms with Crippen molar-refractivity contribution < 1.29 is 22.8 Å². The van der Waals surface area contributed by atoms with Gasteiger partial charge in [-0.3, -0.25) is 14.4 Å². The summed E-state index contributed by atoms with van der Waals surface area (Å²) in [5.41, 5.74) is 2.27. The van der Waals surface area contributed by atoms with Crippen LogP contribution in [0.3, 0.4) is 0 Å². The number of hydrogen-bond donors (Lipinski definition) is 1. The summed E-state index contributed by atoms with van der Waals surface area (Å²) in [5.74, 6) is -1.09. The highest BCUT2D eigenvalue weighted by molar-refractivity contribution is 7.89. The summed E-state index contributed by atoms with van der Waals surface area (Å²) in [4.78, 5) is 40.2. The Hall–Kier alpha value is -3.04. The number of aryl methyl sites for hydroxylation is 1. The predicted octanol–water partition coefficient (Wildman–Crippen LogP) is 1.37. The van der Waals surface area contributed by atoms with Gasteiger partial charge in [-0.1, -0.05) is 29.8 Å². The van der Waals surface area contributed by atoms with E-state index in [0.29, 0.717) is 12.1 Å². The molecule has 3 rings (SSSR count). The summed E-state index contributed by atoms with van der Waals surface area (Å²) in [7, 11) is -3.78. The number of rotatable bonds is 6. The van der Waals surface area contributed by atoms with E-state index in [2.05, 4.69) is 0 Å². The van der Waals surface area contributed by atoms with E-state index in [1.54, 1.807) is 24.3 Å². The number of primary sulfonamides is 1. The normalized spacial score (nSPS) is 16.8. The van der Waals surface area contributed by atoms with Crippen LogP contribution < -0.4 is 10.0 Å². The molecule has 0 aliphatic carbocycles. The second-order valence-corrected chi connectivity index (χ2v) is 8.84. The van der Waals surface area contributed by atoms with Crippen molar-refractivity contribution in [3.8, 4) is 0 Å². The lowest BCUT2D eigenvalue weighted by atomic mass is 10.1. The van der Waals surface area contributed by atoms with E-state index in [9.17, 15) is 22.8 Å². The molecule has 1 aliphatic rings. The summed E-state index contributed by atoms with van der Waals surface area (Å²) >= 11 is 0. The molecule has 2 N–H and O–H groups in total. The molecule has 1 atom stereocenters. The summed E-state index contributed by atoms with van der Waals surface area (Å²) in [5, 5.41) is 5.09. The first-order chi connectivity index (χ1) is 14.1. The number of nitrogens with two attached hydrogens (primary N) is 1. The lowest BCUT2D eigenvalue weighted by Crippen LogP contribution is -2.45. The number of hydrogen-bond acceptors (Lipinski definition) is 5. The second kappa shape index (κ2) is 8.37. The van der Waals surface area contributed by atoms with Crippen LogP contribution in [-0.4, -0.2) is 43.6 Å². The van der Waals surface area contributed by atoms with Gasteiger partial charge in [0.05, 0.1) is 17.0 Å². The van der Waals surface area contributed by atoms with Gasteiger partial charge >= 0.3 is 0 Å². The maximum atomic E-state index is 12.9. The number of benzene rings is 2. The van der Waals surface area contributed by atoms with Crippen molar-refractivity contribution in [2.24, 2.45) is 5.14 Å². The minimum Gasteiger partial charge on any atom is -0.330 e. The van der Waals surface area contributed by atoms with Crippen LogP contribution in [0.1, 0.15) is 24.5 Å². The van der Waals surface area contributed by atoms with Gasteiger partial charge in [-0.05, 0) is 43.2 Å². The Bertz CT molecular complexity index is 1080. The molecule has 8 nitrogen and oxygen atoms in total. The summed E-state index contributed by atoms with van der Waals surface area (Å²) in [6, 6.07) is 12.2. The maximum Gasteiger partial charge on any atom is 0.257 e. The smallest absolute Gasteiger partial charge is 0.257 e. The van der Waals surface area contributed by atoms with Gasteiger partial charge in [0.15, 0.2) is 0 Å². The number of imide groups is 1. The van der Waals surface area contributed by atoms with Gasteiger partial charge < -0.3 is 4.90 Å². The molecule has 0 saturated carbocycles. The third-order valence-corrected chi connectivity index (χ3v) is 6.02. The molecule has 0 spiro atoms. The Morgan fingerprint density at radius 3 is 2.23 bits per heavy atom. The molecule has 2 aromatic carbocycles. The van der Waals surface area contributed by atoms with Crippen molar-refractivity contribution in [1.82, 2.24) is 4.90 Å². The van der Waals surface area contributed by atoms with Crippen LogP contribution in [0.5, 0.6) is 0 Å². The molecule has 1 aliphatic heterocycles. The van der Waals surface area contributed by atoms with Crippen LogP contribution in [-0.2, 0) is 30.8 Å². The first-order valence-corrected chi connectivity index (χ1v) is 10.9. The van der Waals surface area contributed by atoms with Crippen molar-refractivity contribution in [3.63, 3.8) is 0 Å². The Morgan fingerprint density at radius 1 is 1.10 bits per heavy atom. The second-order valence-electron chi connectivity index (χ2n) is 7.27. The van der Waals surface area contributed by atoms with E-state index in [1.165, 1.54) is 24.0 Å². The van der Waals surface area contributed by atoms with Crippen LogP contribution >= 0.6 is 0 Å². The molecule has 158 valence electrons. The lowest BCUT2D eigenvalue weighted by molar-refractivity contribution is -0.136. The molecule has 1 unspecified atom stereocenters. The molecule has 1 saturated heterocycles. The van der Waals surface area contributed by atoms with Gasteiger partial charge in [0.2, 0.25) is 21.8 Å². The zero-order valence-corrected chi connectivity index (χ0v) is 17.6. The fourth-order valence-electron chi connectivity index (χ4n) is 3.45. The lowest BCUT2D eigenvalue weighted by Gasteiger charge is -2.26. The van der Waals surface area contributed by atoms with Crippen molar-refractivity contribution in [1.29, 1.82) is 0 Å². The highest BCUT2D eigenvalue weighted by Gasteiger charge is 2.43. The van der Waals surface area contributed by atoms with Gasteiger partial charge in [-0.2, -0.15) is 0 Å². The average Bonchev–Trinajstić information content (AvgIpc) is 2.96. The van der Waals surface area contributed by atoms with Crippen molar-refractivity contribution >= 4 is 33.4 Å². The zero-order chi connectivity index (χ0) is 22.1. The third kappa shape index (κ3) is 4.58. The molecule has 3 amide bonds. The molecule has 0 radical (unpaired) electrons. The minimum atomic E-state index is -3.78. The van der Waals surface area contributed by atoms with Gasteiger partial charge in [0, 0.05) is 13.5 Å². The van der Waals surface area contributed by atoms with Crippen LogP contribution in [0.2, 0.25) is 0 Å². The van der Waals surface area contributed by atoms with Crippen molar-refractivity contribution in [2.45, 2.75) is 37.6 Å². The molecule has 2 aromatic rings. The molecule has 1 fully saturated rings. The Labute approximate surface area is 175 Å². The summed E-state index contributed by atoms with van der Waals surface area (Å²) in [6.07, 6.45) is 0.323. The number of anilines is 1. The topological polar surface area (TPSA) is 118 Å². The highest BCUT2D eigenvalue weighted by atomic mass is 32.2. The van der Waals surface area contributed by atoms with E-state index >= 15 is 0 Å². The highest BCUT2D eigenvalue weighted by Crippen LogP contribution is 2.26. The molecule has 9 heteroatoms. The maximum absolute atomic E-state index is 12.9. The van der Waals surface area contributed by atoms with Crippen LogP contribution in [0.4, 0.5) is 5.69 Å². The monoisotopic (exact) mass is 429 g/mol. The van der Waals surface area contributed by atoms with E-state index in [0.717, 1.165) is 16.0 Å². The van der Waals surface area contributed by atoms with E-state index in [4.69, 9.17) is 5.14 Å². The van der Waals surface area contributed by atoms with Crippen LogP contribution in [0, 0.1) is 6.92 Å². The zero-order valence-electron chi connectivity index (χ0n) is 16.7. The molecule has 30 heavy (non-hydrogen) atoms. The molecule has 1 heterocycles. The SMILES string of the molecule is CC(=O)N(CCc1ccc(S(N)(=O)=O)cc1)C1CC(=O)N(c2ccc(C)cc2)C1=O. The standard InChI is InChI=1S/C21H23N3O5S/c1-14-3-7-17(8-4-14)24-20(26)13-19(21(24)27)23(15(2)25)12-11-16-5-9-18(10-6-16)30(22,28)29/h3-10,19H,11-13H2,1-2H3,(H2,22,28,29). The van der Waals surface area contributed by atoms with E-state index in [-0.39, 0.29) is 29.7 Å². The first-order valence-electron chi connectivity index (χ1n) is 9.40. The predicted molar refractivity (Wildman–Crippen MR) is 111 cm³/mol. The summed E-state index contributed by atoms with van der Waals surface area (Å²) < 4.78 is 22.7. The summed E-state index contributed by atoms with van der Waals surface area (Å²) in [6.45, 7) is 3.49. The molecule has 0 aromatic heterocycles. The fourth-order valence-corrected chi connectivity index (χ4v) is 3.97. The number of carbonyl (C=O) groups is 3. The molecular formula is C21H23N3O5S. The molecular weight excluding hydrogens is 406 g/mol. The third-order valence-electron chi connectivity index (χ3n) is 5.09. The largest absolute Gasteiger partial charge is 0.330 e. The first kappa shape index (κ1) is 21.7. The van der Waals surface area contributed by atoms with Gasteiger partial charge in [0.1, 0.15) is 6.04 Å². The van der Waals surface area contributed by atoms with Crippen LogP contribution in [0.25, 0.3) is 0 Å². The molecule has 0 bridgehead atoms. The Kier molecular flexibility index (Phi) is 6.04. The number of sulfonamides is 1. The van der Waals surface area contributed by atoms with Crippen molar-refractivity contribution in [3.05, 3.63) is 59.7 Å². The Morgan fingerprint density at radius 2 is 1.70 bits per heavy atom. The average molecular weight is 429 g/mol. The Balaban J connectivity index is 1.75. The number of carbonyl (C=O) groups excluding carboxylic acids is 3. The van der Waals surface area contributed by atoms with Gasteiger partial charge in [0.25, 0.3) is 5.91 Å². The van der Waals surface area contributed by atoms with Crippen molar-refractivity contribution in [2.75, 3.05) is 11.4 Å². The van der Waals surface area contributed by atoms with Crippen LogP contribution in [0.15, 0.2) is 53.4 Å². The fraction of sp³-hybridized carbons (Fsp3) is 0.286. The van der Waals surface area contributed by atoms with Gasteiger partial charge in [-0.25, -0.2) is 18.5 Å². The number of amides is 3. The quantitative estimate of drug-likeness (QED) is 0.696. The van der Waals surface area contributed by atoms with E-state index < -0.39 is 22.0 Å². The van der Waals surface area contributed by atoms with Gasteiger partial charge in [-0.15, -0.1) is 0 Å². The van der Waals surface area contributed by atoms with E-state index in [1.807, 2.05) is 19.1 Å².